The van der Waals surface area contributed by atoms with Gasteiger partial charge in [0.1, 0.15) is 0 Å². The van der Waals surface area contributed by atoms with Crippen molar-refractivity contribution in [1.29, 1.82) is 0 Å². The van der Waals surface area contributed by atoms with Gasteiger partial charge in [-0.2, -0.15) is 0 Å². The molecular formula is C7H14NNaO. The summed E-state index contributed by atoms with van der Waals surface area (Å²) in [5.74, 6) is 0.634. The number of hydrogen-bond acceptors (Lipinski definition) is 2. The third-order valence-electron chi connectivity index (χ3n) is 2.62. The number of nitrogens with zero attached hydrogens (tertiary/aromatic N) is 1. The molecule has 0 amide bonds. The Balaban J connectivity index is 0.000000500. The van der Waals surface area contributed by atoms with Gasteiger partial charge in [-0.05, 0) is 31.8 Å². The maximum absolute atomic E-state index is 9.36. The molecule has 3 rings (SSSR count). The van der Waals surface area contributed by atoms with E-state index in [4.69, 9.17) is 0 Å². The molecular weight excluding hydrogens is 137 g/mol. The summed E-state index contributed by atoms with van der Waals surface area (Å²) in [5.41, 5.74) is 0. The number of fused-ring (bicyclic) bond motifs is 3. The van der Waals surface area contributed by atoms with Crippen LogP contribution in [-0.2, 0) is 0 Å². The largest absolute Gasteiger partial charge is 1.00 e. The van der Waals surface area contributed by atoms with E-state index < -0.39 is 0 Å². The molecule has 2 bridgehead atoms. The van der Waals surface area contributed by atoms with Crippen LogP contribution in [0.15, 0.2) is 0 Å². The van der Waals surface area contributed by atoms with E-state index in [1.807, 2.05) is 0 Å². The standard InChI is InChI=1S/C7H13NO.Na.H/c9-7-5-8-3-1-6(7)2-4-8;;/h6-7,9H,1-5H2;;/q;+1;-1. The van der Waals surface area contributed by atoms with Crippen LogP contribution in [0, 0.1) is 5.92 Å². The molecule has 0 aromatic heterocycles. The van der Waals surface area contributed by atoms with Gasteiger partial charge in [0.2, 0.25) is 0 Å². The normalized spacial score (nSPS) is 44.7. The van der Waals surface area contributed by atoms with Crippen molar-refractivity contribution in [3.8, 4) is 0 Å². The quantitative estimate of drug-likeness (QED) is 0.378. The summed E-state index contributed by atoms with van der Waals surface area (Å²) in [6.45, 7) is 3.38. The van der Waals surface area contributed by atoms with E-state index in [9.17, 15) is 5.11 Å². The smallest absolute Gasteiger partial charge is 1.00 e. The minimum atomic E-state index is -0.00694. The van der Waals surface area contributed by atoms with E-state index >= 15 is 0 Å². The number of hydrogen-bond donors (Lipinski definition) is 1. The Hall–Kier alpha value is 0.920. The van der Waals surface area contributed by atoms with Gasteiger partial charge in [0.25, 0.3) is 0 Å². The molecule has 0 radical (unpaired) electrons. The topological polar surface area (TPSA) is 23.5 Å². The molecule has 0 saturated carbocycles. The molecule has 3 aliphatic heterocycles. The van der Waals surface area contributed by atoms with Crippen molar-refractivity contribution in [2.24, 2.45) is 5.92 Å². The van der Waals surface area contributed by atoms with Crippen LogP contribution in [0.2, 0.25) is 0 Å². The first-order valence-electron chi connectivity index (χ1n) is 3.76. The van der Waals surface area contributed by atoms with E-state index in [1.165, 1.54) is 25.9 Å². The van der Waals surface area contributed by atoms with Crippen LogP contribution < -0.4 is 29.6 Å². The summed E-state index contributed by atoms with van der Waals surface area (Å²) >= 11 is 0. The zero-order chi connectivity index (χ0) is 6.27. The second-order valence-electron chi connectivity index (χ2n) is 3.21. The van der Waals surface area contributed by atoms with Crippen molar-refractivity contribution in [2.45, 2.75) is 18.9 Å². The summed E-state index contributed by atoms with van der Waals surface area (Å²) in [5, 5.41) is 9.36. The third kappa shape index (κ3) is 1.56. The summed E-state index contributed by atoms with van der Waals surface area (Å²) in [4.78, 5) is 2.35. The summed E-state index contributed by atoms with van der Waals surface area (Å²) in [7, 11) is 0. The molecule has 3 heterocycles. The maximum atomic E-state index is 9.36. The Bertz CT molecular complexity index is 117. The van der Waals surface area contributed by atoms with Crippen LogP contribution >= 0.6 is 0 Å². The molecule has 1 unspecified atom stereocenters. The monoisotopic (exact) mass is 151 g/mol. The van der Waals surface area contributed by atoms with Crippen LogP contribution in [0.5, 0.6) is 0 Å². The average Bonchev–Trinajstić information content (AvgIpc) is 1.90. The van der Waals surface area contributed by atoms with Crippen LogP contribution in [0.1, 0.15) is 14.3 Å². The minimum Gasteiger partial charge on any atom is -1.00 e. The molecule has 0 aromatic carbocycles. The molecule has 3 aliphatic rings. The second kappa shape index (κ2) is 3.55. The molecule has 0 aliphatic carbocycles. The van der Waals surface area contributed by atoms with Crippen LogP contribution in [0.25, 0.3) is 0 Å². The maximum Gasteiger partial charge on any atom is 1.00 e. The molecule has 54 valence electrons. The summed E-state index contributed by atoms with van der Waals surface area (Å²) in [6.07, 6.45) is 2.44. The molecule has 0 spiro atoms. The van der Waals surface area contributed by atoms with Gasteiger partial charge in [0.15, 0.2) is 0 Å². The molecule has 3 fully saturated rings. The first-order valence-corrected chi connectivity index (χ1v) is 3.76. The fourth-order valence-corrected chi connectivity index (χ4v) is 1.93. The molecule has 3 saturated heterocycles. The van der Waals surface area contributed by atoms with Gasteiger partial charge in [0, 0.05) is 6.54 Å². The van der Waals surface area contributed by atoms with E-state index in [0.29, 0.717) is 5.92 Å². The van der Waals surface area contributed by atoms with E-state index in [1.54, 1.807) is 0 Å². The fraction of sp³-hybridized carbons (Fsp3) is 1.00. The van der Waals surface area contributed by atoms with Crippen molar-refractivity contribution in [3.63, 3.8) is 0 Å². The van der Waals surface area contributed by atoms with Crippen molar-refractivity contribution in [2.75, 3.05) is 19.6 Å². The first kappa shape index (κ1) is 9.01. The minimum absolute atomic E-state index is 0. The SMILES string of the molecule is OC1CN2CCC1CC2.[H-].[Na+]. The van der Waals surface area contributed by atoms with Crippen molar-refractivity contribution in [3.05, 3.63) is 0 Å². The van der Waals surface area contributed by atoms with Gasteiger partial charge in [-0.3, -0.25) is 0 Å². The zero-order valence-corrected chi connectivity index (χ0v) is 8.58. The van der Waals surface area contributed by atoms with Gasteiger partial charge in [-0.15, -0.1) is 0 Å². The van der Waals surface area contributed by atoms with Crippen molar-refractivity contribution < 1.29 is 36.1 Å². The van der Waals surface area contributed by atoms with E-state index in [-0.39, 0.29) is 37.1 Å². The third-order valence-corrected chi connectivity index (χ3v) is 2.62. The summed E-state index contributed by atoms with van der Waals surface area (Å²) < 4.78 is 0. The average molecular weight is 151 g/mol. The fourth-order valence-electron chi connectivity index (χ4n) is 1.93. The Morgan fingerprint density at radius 3 is 2.10 bits per heavy atom. The van der Waals surface area contributed by atoms with E-state index in [0.717, 1.165) is 6.54 Å². The number of rotatable bonds is 0. The number of aliphatic hydroxyl groups excluding tert-OH is 1. The van der Waals surface area contributed by atoms with Crippen molar-refractivity contribution in [1.82, 2.24) is 4.90 Å². The van der Waals surface area contributed by atoms with Crippen LogP contribution in [0.4, 0.5) is 0 Å². The number of aliphatic hydroxyl groups is 1. The predicted molar refractivity (Wildman–Crippen MR) is 36.3 cm³/mol. The van der Waals surface area contributed by atoms with Crippen molar-refractivity contribution >= 4 is 0 Å². The predicted octanol–water partition coefficient (Wildman–Crippen LogP) is -2.81. The zero-order valence-electron chi connectivity index (χ0n) is 7.58. The molecule has 1 atom stereocenters. The van der Waals surface area contributed by atoms with Gasteiger partial charge in [-0.25, -0.2) is 0 Å². The van der Waals surface area contributed by atoms with Crippen LogP contribution in [-0.4, -0.2) is 35.7 Å². The van der Waals surface area contributed by atoms with Gasteiger partial charge in [-0.1, -0.05) is 0 Å². The Kier molecular flexibility index (Phi) is 3.20. The molecule has 1 N–H and O–H groups in total. The first-order chi connectivity index (χ1) is 4.36. The molecule has 3 heteroatoms. The van der Waals surface area contributed by atoms with E-state index in [2.05, 4.69) is 4.90 Å². The van der Waals surface area contributed by atoms with Crippen LogP contribution in [0.3, 0.4) is 0 Å². The van der Waals surface area contributed by atoms with Gasteiger partial charge >= 0.3 is 29.6 Å². The molecule has 2 nitrogen and oxygen atoms in total. The molecule has 0 aromatic rings. The van der Waals surface area contributed by atoms with Gasteiger partial charge in [0.05, 0.1) is 6.10 Å². The Morgan fingerprint density at radius 2 is 1.90 bits per heavy atom. The Morgan fingerprint density at radius 1 is 1.30 bits per heavy atom. The Labute approximate surface area is 85.4 Å². The second-order valence-corrected chi connectivity index (χ2v) is 3.21. The molecule has 10 heavy (non-hydrogen) atoms. The summed E-state index contributed by atoms with van der Waals surface area (Å²) in [6, 6.07) is 0. The van der Waals surface area contributed by atoms with Gasteiger partial charge < -0.3 is 11.4 Å². The number of piperidine rings is 3.